The third-order valence-corrected chi connectivity index (χ3v) is 3.59. The Morgan fingerprint density at radius 2 is 1.75 bits per heavy atom. The van der Waals surface area contributed by atoms with Gasteiger partial charge in [-0.3, -0.25) is 19.2 Å². The molecule has 0 spiro atoms. The first-order valence-corrected chi connectivity index (χ1v) is 8.74. The highest BCUT2D eigenvalue weighted by molar-refractivity contribution is 6.19. The molecule has 1 atom stereocenters. The van der Waals surface area contributed by atoms with Gasteiger partial charge in [0, 0.05) is 6.42 Å². The Morgan fingerprint density at radius 3 is 2.29 bits per heavy atom. The van der Waals surface area contributed by atoms with E-state index in [9.17, 15) is 14.4 Å². The summed E-state index contributed by atoms with van der Waals surface area (Å²) in [6, 6.07) is 9.23. The van der Waals surface area contributed by atoms with Gasteiger partial charge in [-0.1, -0.05) is 55.1 Å². The zero-order valence-corrected chi connectivity index (χ0v) is 16.7. The number of hydrogen-bond donors (Lipinski definition) is 1. The Morgan fingerprint density at radius 1 is 1.11 bits per heavy atom. The van der Waals surface area contributed by atoms with E-state index >= 15 is 0 Å². The number of hydrogen-bond acceptors (Lipinski definition) is 6. The van der Waals surface area contributed by atoms with E-state index in [0.717, 1.165) is 12.7 Å². The SMILES string of the molecule is C=CCOC(=O)C(C/C=C/c1ccccc1)(C(=O)NOC(C)(C)C)C(=O)OC. The summed E-state index contributed by atoms with van der Waals surface area (Å²) in [5, 5.41) is 0. The second-order valence-corrected chi connectivity index (χ2v) is 6.95. The molecule has 28 heavy (non-hydrogen) atoms. The van der Waals surface area contributed by atoms with Gasteiger partial charge in [0.1, 0.15) is 6.61 Å². The van der Waals surface area contributed by atoms with E-state index in [1.54, 1.807) is 26.8 Å². The number of esters is 2. The molecule has 0 aromatic heterocycles. The third kappa shape index (κ3) is 6.35. The van der Waals surface area contributed by atoms with Crippen molar-refractivity contribution in [3.8, 4) is 0 Å². The van der Waals surface area contributed by atoms with E-state index in [-0.39, 0.29) is 13.0 Å². The second-order valence-electron chi connectivity index (χ2n) is 6.95. The summed E-state index contributed by atoms with van der Waals surface area (Å²) in [6.45, 7) is 8.42. The summed E-state index contributed by atoms with van der Waals surface area (Å²) in [4.78, 5) is 43.4. The minimum atomic E-state index is -2.26. The molecule has 0 aliphatic carbocycles. The topological polar surface area (TPSA) is 90.9 Å². The molecular formula is C21H27NO6. The largest absolute Gasteiger partial charge is 0.468 e. The summed E-state index contributed by atoms with van der Waals surface area (Å²) < 4.78 is 9.78. The number of rotatable bonds is 9. The lowest BCUT2D eigenvalue weighted by Gasteiger charge is -2.28. The van der Waals surface area contributed by atoms with E-state index < -0.39 is 28.9 Å². The molecule has 1 unspecified atom stereocenters. The molecule has 0 bridgehead atoms. The number of allylic oxidation sites excluding steroid dienone is 1. The van der Waals surface area contributed by atoms with Gasteiger partial charge in [-0.15, -0.1) is 0 Å². The standard InChI is InChI=1S/C21H27NO6/c1-6-15-27-19(25)21(18(24)26-5,17(23)22-28-20(2,3)4)14-10-13-16-11-8-7-9-12-16/h6-13H,1,14-15H2,2-5H3,(H,22,23)/b13-10+. The molecule has 1 rings (SSSR count). The van der Waals surface area contributed by atoms with Crippen LogP contribution < -0.4 is 5.48 Å². The van der Waals surface area contributed by atoms with Gasteiger partial charge in [0.15, 0.2) is 0 Å². The molecular weight excluding hydrogens is 362 g/mol. The maximum Gasteiger partial charge on any atom is 0.334 e. The minimum absolute atomic E-state index is 0.159. The summed E-state index contributed by atoms with van der Waals surface area (Å²) >= 11 is 0. The van der Waals surface area contributed by atoms with Crippen LogP contribution in [0.5, 0.6) is 0 Å². The molecule has 1 amide bonds. The van der Waals surface area contributed by atoms with Crippen molar-refractivity contribution in [3.63, 3.8) is 0 Å². The van der Waals surface area contributed by atoms with Crippen molar-refractivity contribution in [2.24, 2.45) is 5.41 Å². The summed E-state index contributed by atoms with van der Waals surface area (Å²) in [5.74, 6) is -3.07. The summed E-state index contributed by atoms with van der Waals surface area (Å²) in [7, 11) is 1.09. The monoisotopic (exact) mass is 389 g/mol. The predicted molar refractivity (Wildman–Crippen MR) is 105 cm³/mol. The van der Waals surface area contributed by atoms with Gasteiger partial charge >= 0.3 is 11.9 Å². The van der Waals surface area contributed by atoms with Crippen molar-refractivity contribution in [1.29, 1.82) is 0 Å². The Hall–Kier alpha value is -2.93. The van der Waals surface area contributed by atoms with E-state index in [1.165, 1.54) is 12.2 Å². The van der Waals surface area contributed by atoms with Crippen molar-refractivity contribution in [1.82, 2.24) is 5.48 Å². The number of ether oxygens (including phenoxy) is 2. The van der Waals surface area contributed by atoms with Crippen molar-refractivity contribution in [3.05, 3.63) is 54.6 Å². The van der Waals surface area contributed by atoms with Crippen LogP contribution in [-0.4, -0.2) is 37.2 Å². The Bertz CT molecular complexity index is 720. The molecule has 0 heterocycles. The van der Waals surface area contributed by atoms with Crippen LogP contribution in [0, 0.1) is 5.41 Å². The van der Waals surface area contributed by atoms with Gasteiger partial charge in [-0.05, 0) is 26.3 Å². The molecule has 0 aliphatic heterocycles. The first-order valence-electron chi connectivity index (χ1n) is 8.74. The molecule has 1 aromatic carbocycles. The number of benzene rings is 1. The van der Waals surface area contributed by atoms with Crippen LogP contribution in [0.2, 0.25) is 0 Å². The second kappa shape index (κ2) is 10.4. The highest BCUT2D eigenvalue weighted by Gasteiger charge is 2.55. The van der Waals surface area contributed by atoms with Gasteiger partial charge in [0.25, 0.3) is 5.91 Å². The molecule has 0 aliphatic rings. The first-order chi connectivity index (χ1) is 13.2. The third-order valence-electron chi connectivity index (χ3n) is 3.59. The van der Waals surface area contributed by atoms with Gasteiger partial charge in [-0.25, -0.2) is 5.48 Å². The minimum Gasteiger partial charge on any atom is -0.468 e. The van der Waals surface area contributed by atoms with E-state index in [2.05, 4.69) is 12.1 Å². The van der Waals surface area contributed by atoms with Crippen LogP contribution in [-0.2, 0) is 28.7 Å². The molecule has 7 nitrogen and oxygen atoms in total. The maximum atomic E-state index is 12.9. The highest BCUT2D eigenvalue weighted by atomic mass is 16.7. The van der Waals surface area contributed by atoms with Gasteiger partial charge in [0.2, 0.25) is 5.41 Å². The number of carbonyl (C=O) groups is 3. The fourth-order valence-corrected chi connectivity index (χ4v) is 2.18. The number of hydroxylamine groups is 1. The highest BCUT2D eigenvalue weighted by Crippen LogP contribution is 2.28. The van der Waals surface area contributed by atoms with Crippen LogP contribution >= 0.6 is 0 Å². The quantitative estimate of drug-likeness (QED) is 0.302. The van der Waals surface area contributed by atoms with Crippen LogP contribution in [0.25, 0.3) is 6.08 Å². The van der Waals surface area contributed by atoms with Crippen molar-refractivity contribution in [2.45, 2.75) is 32.8 Å². The smallest absolute Gasteiger partial charge is 0.334 e. The Balaban J connectivity index is 3.24. The van der Waals surface area contributed by atoms with E-state index in [1.807, 2.05) is 30.3 Å². The van der Waals surface area contributed by atoms with E-state index in [4.69, 9.17) is 14.3 Å². The van der Waals surface area contributed by atoms with Crippen molar-refractivity contribution < 1.29 is 28.7 Å². The Labute approximate surface area is 165 Å². The number of nitrogens with one attached hydrogen (secondary N) is 1. The van der Waals surface area contributed by atoms with Crippen LogP contribution in [0.15, 0.2) is 49.1 Å². The fourth-order valence-electron chi connectivity index (χ4n) is 2.18. The summed E-state index contributed by atoms with van der Waals surface area (Å²) in [6.07, 6.45) is 4.29. The van der Waals surface area contributed by atoms with Crippen molar-refractivity contribution in [2.75, 3.05) is 13.7 Å². The van der Waals surface area contributed by atoms with Crippen molar-refractivity contribution >= 4 is 23.9 Å². The molecule has 1 aromatic rings. The number of carbonyl (C=O) groups excluding carboxylic acids is 3. The molecule has 7 heteroatoms. The number of methoxy groups -OCH3 is 1. The van der Waals surface area contributed by atoms with Crippen LogP contribution in [0.4, 0.5) is 0 Å². The average molecular weight is 389 g/mol. The lowest BCUT2D eigenvalue weighted by Crippen LogP contribution is -2.54. The molecule has 0 saturated heterocycles. The predicted octanol–water partition coefficient (Wildman–Crippen LogP) is 2.82. The number of amides is 1. The lowest BCUT2D eigenvalue weighted by atomic mass is 9.83. The normalized spacial score (nSPS) is 13.4. The Kier molecular flexibility index (Phi) is 8.60. The molecule has 0 saturated carbocycles. The van der Waals surface area contributed by atoms with Gasteiger partial charge < -0.3 is 9.47 Å². The zero-order chi connectivity index (χ0) is 21.2. The maximum absolute atomic E-state index is 12.9. The molecule has 152 valence electrons. The first kappa shape index (κ1) is 23.1. The summed E-state index contributed by atoms with van der Waals surface area (Å²) in [5.41, 5.74) is 0.0350. The van der Waals surface area contributed by atoms with Crippen LogP contribution in [0.3, 0.4) is 0 Å². The average Bonchev–Trinajstić information content (AvgIpc) is 2.67. The van der Waals surface area contributed by atoms with Crippen LogP contribution in [0.1, 0.15) is 32.8 Å². The van der Waals surface area contributed by atoms with Gasteiger partial charge in [0.05, 0.1) is 12.7 Å². The lowest BCUT2D eigenvalue weighted by molar-refractivity contribution is -0.181. The fraction of sp³-hybridized carbons (Fsp3) is 0.381. The molecule has 1 N–H and O–H groups in total. The molecule has 0 fully saturated rings. The van der Waals surface area contributed by atoms with E-state index in [0.29, 0.717) is 0 Å². The molecule has 0 radical (unpaired) electrons. The van der Waals surface area contributed by atoms with Gasteiger partial charge in [-0.2, -0.15) is 0 Å². The zero-order valence-electron chi connectivity index (χ0n) is 16.7.